The Morgan fingerprint density at radius 1 is 1.64 bits per heavy atom. The van der Waals surface area contributed by atoms with Crippen molar-refractivity contribution >= 4 is 5.91 Å². The number of amides is 1. The minimum absolute atomic E-state index is 0.0608. The average molecular weight is 196 g/mol. The Balaban J connectivity index is 2.70. The van der Waals surface area contributed by atoms with Crippen LogP contribution >= 0.6 is 0 Å². The second-order valence-corrected chi connectivity index (χ2v) is 2.99. The maximum atomic E-state index is 11.4. The zero-order valence-corrected chi connectivity index (χ0v) is 7.77. The summed E-state index contributed by atoms with van der Waals surface area (Å²) in [4.78, 5) is 15.1. The molecule has 1 heterocycles. The lowest BCUT2D eigenvalue weighted by molar-refractivity contribution is 0.0921. The monoisotopic (exact) mass is 196 g/mol. The molecular formula is C9H12N2O3. The fourth-order valence-electron chi connectivity index (χ4n) is 0.905. The molecule has 5 nitrogen and oxygen atoms in total. The van der Waals surface area contributed by atoms with E-state index >= 15 is 0 Å². The number of aromatic hydroxyl groups is 1. The van der Waals surface area contributed by atoms with Gasteiger partial charge in [-0.05, 0) is 13.0 Å². The molecule has 0 aliphatic heterocycles. The number of hydrogen-bond acceptors (Lipinski definition) is 4. The molecule has 0 aliphatic carbocycles. The molecule has 0 spiro atoms. The van der Waals surface area contributed by atoms with E-state index in [-0.39, 0.29) is 29.9 Å². The van der Waals surface area contributed by atoms with Crippen LogP contribution in [-0.2, 0) is 0 Å². The first-order chi connectivity index (χ1) is 6.63. The number of aliphatic hydroxyl groups excluding tert-OH is 1. The summed E-state index contributed by atoms with van der Waals surface area (Å²) in [6, 6.07) is 0.997. The van der Waals surface area contributed by atoms with Gasteiger partial charge in [0.25, 0.3) is 5.91 Å². The van der Waals surface area contributed by atoms with Gasteiger partial charge in [0.05, 0.1) is 18.4 Å². The Morgan fingerprint density at radius 3 is 2.93 bits per heavy atom. The highest BCUT2D eigenvalue weighted by atomic mass is 16.3. The molecule has 3 N–H and O–H groups in total. The molecule has 0 fully saturated rings. The normalized spacial score (nSPS) is 12.1. The van der Waals surface area contributed by atoms with E-state index in [1.807, 2.05) is 0 Å². The maximum Gasteiger partial charge on any atom is 0.253 e. The molecule has 14 heavy (non-hydrogen) atoms. The van der Waals surface area contributed by atoms with Crippen LogP contribution in [0.15, 0.2) is 18.5 Å². The number of nitrogens with zero attached hydrogens (tertiary/aromatic N) is 1. The van der Waals surface area contributed by atoms with Crippen LogP contribution in [0.2, 0.25) is 0 Å². The lowest BCUT2D eigenvalue weighted by Gasteiger charge is -2.10. The van der Waals surface area contributed by atoms with Crippen LogP contribution in [0.1, 0.15) is 17.3 Å². The number of aromatic nitrogens is 1. The summed E-state index contributed by atoms with van der Waals surface area (Å²) in [7, 11) is 0. The standard InChI is InChI=1S/C9H12N2O3/c1-6(5-12)11-9(14)7-2-8(13)4-10-3-7/h2-4,6,12-13H,5H2,1H3,(H,11,14)/t6-/m1/s1. The van der Waals surface area contributed by atoms with Gasteiger partial charge in [-0.1, -0.05) is 0 Å². The first-order valence-electron chi connectivity index (χ1n) is 4.19. The van der Waals surface area contributed by atoms with Gasteiger partial charge in [-0.2, -0.15) is 0 Å². The van der Waals surface area contributed by atoms with Crippen LogP contribution in [-0.4, -0.2) is 33.8 Å². The van der Waals surface area contributed by atoms with E-state index in [1.54, 1.807) is 6.92 Å². The number of hydrogen-bond donors (Lipinski definition) is 3. The minimum Gasteiger partial charge on any atom is -0.506 e. The molecule has 0 saturated heterocycles. The van der Waals surface area contributed by atoms with Crippen LogP contribution in [0.25, 0.3) is 0 Å². The van der Waals surface area contributed by atoms with Gasteiger partial charge in [0.2, 0.25) is 0 Å². The highest BCUT2D eigenvalue weighted by Crippen LogP contribution is 2.08. The molecule has 1 atom stereocenters. The van der Waals surface area contributed by atoms with Crippen molar-refractivity contribution in [3.8, 4) is 5.75 Å². The van der Waals surface area contributed by atoms with E-state index in [9.17, 15) is 4.79 Å². The van der Waals surface area contributed by atoms with Gasteiger partial charge in [0.15, 0.2) is 0 Å². The molecule has 0 saturated carbocycles. The molecule has 1 amide bonds. The number of aliphatic hydroxyl groups is 1. The minimum atomic E-state index is -0.366. The fraction of sp³-hybridized carbons (Fsp3) is 0.333. The van der Waals surface area contributed by atoms with Crippen molar-refractivity contribution in [2.24, 2.45) is 0 Å². The van der Waals surface area contributed by atoms with Crippen molar-refractivity contribution in [1.29, 1.82) is 0 Å². The Hall–Kier alpha value is -1.62. The summed E-state index contributed by atoms with van der Waals surface area (Å²) >= 11 is 0. The van der Waals surface area contributed by atoms with Crippen molar-refractivity contribution in [1.82, 2.24) is 10.3 Å². The topological polar surface area (TPSA) is 82.5 Å². The Labute approximate surface area is 81.4 Å². The molecule has 1 aromatic heterocycles. The van der Waals surface area contributed by atoms with Gasteiger partial charge in [-0.15, -0.1) is 0 Å². The molecule has 0 bridgehead atoms. The Morgan fingerprint density at radius 2 is 2.36 bits per heavy atom. The van der Waals surface area contributed by atoms with Crippen molar-refractivity contribution in [2.75, 3.05) is 6.61 Å². The predicted octanol–water partition coefficient (Wildman–Crippen LogP) is -0.102. The second-order valence-electron chi connectivity index (χ2n) is 2.99. The predicted molar refractivity (Wildman–Crippen MR) is 49.9 cm³/mol. The van der Waals surface area contributed by atoms with E-state index < -0.39 is 0 Å². The van der Waals surface area contributed by atoms with E-state index in [4.69, 9.17) is 10.2 Å². The van der Waals surface area contributed by atoms with Crippen molar-refractivity contribution < 1.29 is 15.0 Å². The Kier molecular flexibility index (Phi) is 3.41. The van der Waals surface area contributed by atoms with Gasteiger partial charge in [0.1, 0.15) is 5.75 Å². The molecular weight excluding hydrogens is 184 g/mol. The lowest BCUT2D eigenvalue weighted by Crippen LogP contribution is -2.34. The van der Waals surface area contributed by atoms with Crippen molar-refractivity contribution in [3.63, 3.8) is 0 Å². The van der Waals surface area contributed by atoms with E-state index in [1.165, 1.54) is 18.5 Å². The van der Waals surface area contributed by atoms with Crippen LogP contribution in [0.5, 0.6) is 5.75 Å². The number of nitrogens with one attached hydrogen (secondary N) is 1. The lowest BCUT2D eigenvalue weighted by atomic mass is 10.2. The highest BCUT2D eigenvalue weighted by Gasteiger charge is 2.09. The molecule has 0 unspecified atom stereocenters. The van der Waals surface area contributed by atoms with Gasteiger partial charge >= 0.3 is 0 Å². The molecule has 0 aliphatic rings. The molecule has 0 aromatic carbocycles. The molecule has 0 radical (unpaired) electrons. The quantitative estimate of drug-likeness (QED) is 0.630. The van der Waals surface area contributed by atoms with E-state index in [0.717, 1.165) is 0 Å². The maximum absolute atomic E-state index is 11.4. The zero-order valence-electron chi connectivity index (χ0n) is 7.77. The van der Waals surface area contributed by atoms with Crippen LogP contribution in [0.4, 0.5) is 0 Å². The summed E-state index contributed by atoms with van der Waals surface area (Å²) in [5.41, 5.74) is 0.269. The number of pyridine rings is 1. The van der Waals surface area contributed by atoms with Crippen LogP contribution in [0.3, 0.4) is 0 Å². The highest BCUT2D eigenvalue weighted by molar-refractivity contribution is 5.94. The number of rotatable bonds is 3. The average Bonchev–Trinajstić information content (AvgIpc) is 2.17. The van der Waals surface area contributed by atoms with Gasteiger partial charge < -0.3 is 15.5 Å². The third-order valence-electron chi connectivity index (χ3n) is 1.64. The summed E-state index contributed by atoms with van der Waals surface area (Å²) < 4.78 is 0. The molecule has 1 aromatic rings. The summed E-state index contributed by atoms with van der Waals surface area (Å²) in [6.07, 6.45) is 2.59. The van der Waals surface area contributed by atoms with Crippen LogP contribution in [0, 0.1) is 0 Å². The number of carbonyl (C=O) groups excluding carboxylic acids is 1. The van der Waals surface area contributed by atoms with Gasteiger partial charge in [0, 0.05) is 12.2 Å². The van der Waals surface area contributed by atoms with Gasteiger partial charge in [-0.25, -0.2) is 0 Å². The summed E-state index contributed by atoms with van der Waals surface area (Å²) in [5, 5.41) is 20.3. The first-order valence-corrected chi connectivity index (χ1v) is 4.19. The largest absolute Gasteiger partial charge is 0.506 e. The molecule has 76 valence electrons. The second kappa shape index (κ2) is 4.57. The Bertz CT molecular complexity index is 328. The zero-order chi connectivity index (χ0) is 10.6. The summed E-state index contributed by atoms with van der Waals surface area (Å²) in [6.45, 7) is 1.55. The fourth-order valence-corrected chi connectivity index (χ4v) is 0.905. The van der Waals surface area contributed by atoms with Crippen molar-refractivity contribution in [2.45, 2.75) is 13.0 Å². The third kappa shape index (κ3) is 2.70. The van der Waals surface area contributed by atoms with Gasteiger partial charge in [-0.3, -0.25) is 9.78 Å². The van der Waals surface area contributed by atoms with E-state index in [2.05, 4.69) is 10.3 Å². The van der Waals surface area contributed by atoms with Crippen LogP contribution < -0.4 is 5.32 Å². The first kappa shape index (κ1) is 10.5. The third-order valence-corrected chi connectivity index (χ3v) is 1.64. The molecule has 1 rings (SSSR count). The SMILES string of the molecule is C[C@H](CO)NC(=O)c1cncc(O)c1. The molecule has 5 heteroatoms. The summed E-state index contributed by atoms with van der Waals surface area (Å²) in [5.74, 6) is -0.427. The van der Waals surface area contributed by atoms with Crippen molar-refractivity contribution in [3.05, 3.63) is 24.0 Å². The van der Waals surface area contributed by atoms with E-state index in [0.29, 0.717) is 0 Å². The number of carbonyl (C=O) groups is 1. The smallest absolute Gasteiger partial charge is 0.253 e.